The summed E-state index contributed by atoms with van der Waals surface area (Å²) >= 11 is 6.28. The molecule has 3 aromatic rings. The lowest BCUT2D eigenvalue weighted by Gasteiger charge is -2.09. The molecule has 0 saturated heterocycles. The maximum absolute atomic E-state index is 11.0. The highest BCUT2D eigenvalue weighted by Gasteiger charge is 2.14. The molecule has 0 aliphatic carbocycles. The van der Waals surface area contributed by atoms with Crippen molar-refractivity contribution in [1.29, 1.82) is 0 Å². The molecule has 1 aromatic carbocycles. The zero-order valence-electron chi connectivity index (χ0n) is 12.9. The average Bonchev–Trinajstić information content (AvgIpc) is 2.85. The fourth-order valence-electron chi connectivity index (χ4n) is 2.41. The van der Waals surface area contributed by atoms with Crippen LogP contribution in [0.3, 0.4) is 0 Å². The van der Waals surface area contributed by atoms with Gasteiger partial charge in [0.2, 0.25) is 10.0 Å². The lowest BCUT2D eigenvalue weighted by atomic mass is 10.2. The molecule has 0 aliphatic rings. The number of sulfonamides is 1. The maximum atomic E-state index is 11.0. The highest BCUT2D eigenvalue weighted by atomic mass is 35.5. The van der Waals surface area contributed by atoms with Crippen LogP contribution in [0.2, 0.25) is 5.02 Å². The first-order valence-corrected chi connectivity index (χ1v) is 9.26. The largest absolute Gasteiger partial charge is 0.369 e. The van der Waals surface area contributed by atoms with Gasteiger partial charge in [-0.25, -0.2) is 23.5 Å². The van der Waals surface area contributed by atoms with E-state index >= 15 is 0 Å². The van der Waals surface area contributed by atoms with Crippen LogP contribution < -0.4 is 10.5 Å². The summed E-state index contributed by atoms with van der Waals surface area (Å²) in [5, 5.41) is 8.37. The van der Waals surface area contributed by atoms with Gasteiger partial charge in [0.1, 0.15) is 11.6 Å². The number of nitrogens with one attached hydrogen (secondary N) is 1. The number of anilines is 1. The summed E-state index contributed by atoms with van der Waals surface area (Å²) in [6.07, 6.45) is 1.51. The zero-order chi connectivity index (χ0) is 17.3. The molecule has 0 radical (unpaired) electrons. The topological polar surface area (TPSA) is 103 Å². The van der Waals surface area contributed by atoms with Crippen LogP contribution in [0.25, 0.3) is 22.4 Å². The fourth-order valence-corrected chi connectivity index (χ4v) is 2.99. The van der Waals surface area contributed by atoms with E-state index in [0.717, 1.165) is 11.0 Å². The Morgan fingerprint density at radius 2 is 2.08 bits per heavy atom. The van der Waals surface area contributed by atoms with E-state index in [1.54, 1.807) is 6.07 Å². The van der Waals surface area contributed by atoms with Crippen LogP contribution in [-0.4, -0.2) is 35.3 Å². The first kappa shape index (κ1) is 16.7. The Morgan fingerprint density at radius 3 is 2.79 bits per heavy atom. The summed E-state index contributed by atoms with van der Waals surface area (Å²) in [5.41, 5.74) is 2.57. The minimum Gasteiger partial charge on any atom is -0.369 e. The predicted molar refractivity (Wildman–Crippen MR) is 95.4 cm³/mol. The van der Waals surface area contributed by atoms with Crippen molar-refractivity contribution in [2.75, 3.05) is 17.6 Å². The molecule has 2 heterocycles. The van der Waals surface area contributed by atoms with Crippen LogP contribution in [0.1, 0.15) is 0 Å². The van der Waals surface area contributed by atoms with E-state index in [4.69, 9.17) is 16.7 Å². The molecular formula is C15H16ClN5O2S. The Kier molecular flexibility index (Phi) is 4.44. The Hall–Kier alpha value is -2.16. The molecule has 3 N–H and O–H groups in total. The van der Waals surface area contributed by atoms with Crippen molar-refractivity contribution < 1.29 is 8.42 Å². The Labute approximate surface area is 144 Å². The van der Waals surface area contributed by atoms with Crippen LogP contribution in [0.15, 0.2) is 36.5 Å². The molecule has 0 amide bonds. The number of hydrogen-bond acceptors (Lipinski definition) is 5. The summed E-state index contributed by atoms with van der Waals surface area (Å²) in [5.74, 6) is 1.03. The Balaban J connectivity index is 1.95. The van der Waals surface area contributed by atoms with Crippen molar-refractivity contribution >= 4 is 38.5 Å². The van der Waals surface area contributed by atoms with Crippen LogP contribution in [0, 0.1) is 0 Å². The SMILES string of the molecule is Cn1c(-c2cc(NCCS(N)(=O)=O)ncc2Cl)nc2ccccc21. The van der Waals surface area contributed by atoms with Crippen molar-refractivity contribution in [3.63, 3.8) is 0 Å². The first-order chi connectivity index (χ1) is 11.3. The monoisotopic (exact) mass is 365 g/mol. The zero-order valence-corrected chi connectivity index (χ0v) is 14.5. The van der Waals surface area contributed by atoms with Gasteiger partial charge in [-0.15, -0.1) is 0 Å². The molecule has 0 saturated carbocycles. The molecule has 126 valence electrons. The molecule has 0 spiro atoms. The molecule has 7 nitrogen and oxygen atoms in total. The number of benzene rings is 1. The van der Waals surface area contributed by atoms with E-state index in [1.807, 2.05) is 35.9 Å². The van der Waals surface area contributed by atoms with E-state index in [1.165, 1.54) is 6.20 Å². The molecule has 0 unspecified atom stereocenters. The van der Waals surface area contributed by atoms with Gasteiger partial charge in [-0.3, -0.25) is 0 Å². The van der Waals surface area contributed by atoms with Gasteiger partial charge in [-0.1, -0.05) is 23.7 Å². The Bertz CT molecular complexity index is 1000. The van der Waals surface area contributed by atoms with Gasteiger partial charge in [0.15, 0.2) is 0 Å². The van der Waals surface area contributed by atoms with Gasteiger partial charge in [-0.2, -0.15) is 0 Å². The second-order valence-electron chi connectivity index (χ2n) is 5.33. The van der Waals surface area contributed by atoms with Crippen molar-refractivity contribution in [1.82, 2.24) is 14.5 Å². The minimum atomic E-state index is -3.52. The van der Waals surface area contributed by atoms with Crippen LogP contribution in [-0.2, 0) is 17.1 Å². The molecule has 9 heteroatoms. The quantitative estimate of drug-likeness (QED) is 0.719. The average molecular weight is 366 g/mol. The van der Waals surface area contributed by atoms with Gasteiger partial charge in [0.05, 0.1) is 21.8 Å². The smallest absolute Gasteiger partial charge is 0.210 e. The highest BCUT2D eigenvalue weighted by molar-refractivity contribution is 7.89. The van der Waals surface area contributed by atoms with E-state index < -0.39 is 10.0 Å². The molecular weight excluding hydrogens is 350 g/mol. The molecule has 0 fully saturated rings. The summed E-state index contributed by atoms with van der Waals surface area (Å²) < 4.78 is 23.9. The van der Waals surface area contributed by atoms with Crippen molar-refractivity contribution in [3.8, 4) is 11.4 Å². The van der Waals surface area contributed by atoms with Gasteiger partial charge < -0.3 is 9.88 Å². The predicted octanol–water partition coefficient (Wildman–Crippen LogP) is 1.99. The molecule has 0 aliphatic heterocycles. The number of aryl methyl sites for hydroxylation is 1. The fraction of sp³-hybridized carbons (Fsp3) is 0.200. The number of halogens is 1. The molecule has 3 rings (SSSR count). The minimum absolute atomic E-state index is 0.162. The number of nitrogens with zero attached hydrogens (tertiary/aromatic N) is 3. The number of para-hydroxylation sites is 2. The summed E-state index contributed by atoms with van der Waals surface area (Å²) in [7, 11) is -1.61. The number of primary sulfonamides is 1. The van der Waals surface area contributed by atoms with Crippen molar-refractivity contribution in [3.05, 3.63) is 41.6 Å². The summed E-state index contributed by atoms with van der Waals surface area (Å²) in [6.45, 7) is 0.162. The number of aromatic nitrogens is 3. The van der Waals surface area contributed by atoms with Crippen molar-refractivity contribution in [2.24, 2.45) is 12.2 Å². The number of imidazole rings is 1. The van der Waals surface area contributed by atoms with E-state index in [0.29, 0.717) is 22.2 Å². The second-order valence-corrected chi connectivity index (χ2v) is 7.47. The molecule has 0 bridgehead atoms. The number of rotatable bonds is 5. The number of nitrogens with two attached hydrogens (primary N) is 1. The van der Waals surface area contributed by atoms with Crippen LogP contribution >= 0.6 is 11.6 Å². The highest BCUT2D eigenvalue weighted by Crippen LogP contribution is 2.30. The normalized spacial score (nSPS) is 11.8. The molecule has 2 aromatic heterocycles. The maximum Gasteiger partial charge on any atom is 0.210 e. The van der Waals surface area contributed by atoms with Crippen LogP contribution in [0.5, 0.6) is 0 Å². The van der Waals surface area contributed by atoms with E-state index in [-0.39, 0.29) is 12.3 Å². The molecule has 24 heavy (non-hydrogen) atoms. The lowest BCUT2D eigenvalue weighted by Crippen LogP contribution is -2.22. The van der Waals surface area contributed by atoms with Crippen molar-refractivity contribution in [2.45, 2.75) is 0 Å². The standard InChI is InChI=1S/C15H16ClN5O2S/c1-21-13-5-3-2-4-12(13)20-15(21)10-8-14(19-9-11(10)16)18-6-7-24(17,22)23/h2-5,8-9H,6-7H2,1H3,(H,18,19)(H2,17,22,23). The van der Waals surface area contributed by atoms with Gasteiger partial charge in [-0.05, 0) is 18.2 Å². The third-order valence-electron chi connectivity index (χ3n) is 3.58. The summed E-state index contributed by atoms with van der Waals surface area (Å²) in [4.78, 5) is 8.76. The molecule has 0 atom stereocenters. The van der Waals surface area contributed by atoms with Gasteiger partial charge >= 0.3 is 0 Å². The first-order valence-electron chi connectivity index (χ1n) is 7.17. The Morgan fingerprint density at radius 1 is 1.33 bits per heavy atom. The van der Waals surface area contributed by atoms with E-state index in [9.17, 15) is 8.42 Å². The van der Waals surface area contributed by atoms with Gasteiger partial charge in [0, 0.05) is 25.4 Å². The van der Waals surface area contributed by atoms with Gasteiger partial charge in [0.25, 0.3) is 0 Å². The third-order valence-corrected chi connectivity index (χ3v) is 4.65. The van der Waals surface area contributed by atoms with E-state index in [2.05, 4.69) is 15.3 Å². The number of pyridine rings is 1. The summed E-state index contributed by atoms with van der Waals surface area (Å²) in [6, 6.07) is 9.52. The number of fused-ring (bicyclic) bond motifs is 1. The lowest BCUT2D eigenvalue weighted by molar-refractivity contribution is 0.598. The van der Waals surface area contributed by atoms with Crippen LogP contribution in [0.4, 0.5) is 5.82 Å². The number of hydrogen-bond donors (Lipinski definition) is 2. The third kappa shape index (κ3) is 3.50. The second kappa shape index (κ2) is 6.39.